The maximum atomic E-state index is 5.72. The Kier molecular flexibility index (Phi) is 5.93. The topological polar surface area (TPSA) is 21.3 Å². The van der Waals surface area contributed by atoms with Gasteiger partial charge in [0, 0.05) is 13.2 Å². The zero-order valence-corrected chi connectivity index (χ0v) is 9.75. The van der Waals surface area contributed by atoms with Gasteiger partial charge in [-0.25, -0.2) is 0 Å². The predicted molar refractivity (Wildman–Crippen MR) is 58.5 cm³/mol. The van der Waals surface area contributed by atoms with Gasteiger partial charge in [-0.05, 0) is 24.8 Å². The van der Waals surface area contributed by atoms with E-state index in [1.165, 1.54) is 6.42 Å². The summed E-state index contributed by atoms with van der Waals surface area (Å²) >= 11 is 0. The minimum Gasteiger partial charge on any atom is -0.377 e. The van der Waals surface area contributed by atoms with Gasteiger partial charge in [0.2, 0.25) is 0 Å². The van der Waals surface area contributed by atoms with Crippen molar-refractivity contribution in [2.45, 2.75) is 39.7 Å². The van der Waals surface area contributed by atoms with Crippen LogP contribution in [0.4, 0.5) is 0 Å². The van der Waals surface area contributed by atoms with Crippen LogP contribution in [0.5, 0.6) is 0 Å². The highest BCUT2D eigenvalue weighted by molar-refractivity contribution is 5.85. The smallest absolute Gasteiger partial charge is 0.0711 e. The van der Waals surface area contributed by atoms with Crippen LogP contribution in [0.25, 0.3) is 0 Å². The third-order valence-corrected chi connectivity index (χ3v) is 2.22. The second-order valence-corrected chi connectivity index (χ2v) is 4.80. The molecule has 3 heteroatoms. The quantitative estimate of drug-likeness (QED) is 0.767. The van der Waals surface area contributed by atoms with Crippen molar-refractivity contribution in [3.8, 4) is 0 Å². The Morgan fingerprint density at radius 3 is 2.54 bits per heavy atom. The molecule has 0 bridgehead atoms. The molecule has 1 aliphatic rings. The SMILES string of the molecule is CC(C)(C)CCO[C@@H]1CCNC1.Cl. The van der Waals surface area contributed by atoms with E-state index in [0.717, 1.165) is 26.1 Å². The molecule has 1 atom stereocenters. The summed E-state index contributed by atoms with van der Waals surface area (Å²) in [6, 6.07) is 0. The predicted octanol–water partition coefficient (Wildman–Crippen LogP) is 2.22. The summed E-state index contributed by atoms with van der Waals surface area (Å²) in [5, 5.41) is 3.29. The Hall–Kier alpha value is 0.210. The van der Waals surface area contributed by atoms with Crippen molar-refractivity contribution in [1.29, 1.82) is 0 Å². The number of hydrogen-bond donors (Lipinski definition) is 1. The second kappa shape index (κ2) is 5.84. The van der Waals surface area contributed by atoms with Crippen molar-refractivity contribution in [1.82, 2.24) is 5.32 Å². The van der Waals surface area contributed by atoms with Crippen LogP contribution in [-0.4, -0.2) is 25.8 Å². The molecule has 0 aromatic carbocycles. The van der Waals surface area contributed by atoms with Crippen LogP contribution in [0.1, 0.15) is 33.6 Å². The van der Waals surface area contributed by atoms with Crippen LogP contribution in [0.2, 0.25) is 0 Å². The minimum atomic E-state index is 0. The Labute approximate surface area is 87.8 Å². The van der Waals surface area contributed by atoms with Gasteiger partial charge in [-0.1, -0.05) is 20.8 Å². The number of rotatable bonds is 3. The van der Waals surface area contributed by atoms with E-state index in [1.54, 1.807) is 0 Å². The van der Waals surface area contributed by atoms with Gasteiger partial charge in [-0.3, -0.25) is 0 Å². The van der Waals surface area contributed by atoms with E-state index in [4.69, 9.17) is 4.74 Å². The van der Waals surface area contributed by atoms with Gasteiger partial charge < -0.3 is 10.1 Å². The molecule has 1 N–H and O–H groups in total. The first kappa shape index (κ1) is 13.2. The van der Waals surface area contributed by atoms with Gasteiger partial charge in [0.05, 0.1) is 6.10 Å². The summed E-state index contributed by atoms with van der Waals surface area (Å²) in [5.41, 5.74) is 0.409. The fourth-order valence-electron chi connectivity index (χ4n) is 1.30. The van der Waals surface area contributed by atoms with Crippen LogP contribution in [-0.2, 0) is 4.74 Å². The minimum absolute atomic E-state index is 0. The Morgan fingerprint density at radius 2 is 2.08 bits per heavy atom. The summed E-state index contributed by atoms with van der Waals surface area (Å²) in [6.07, 6.45) is 2.82. The van der Waals surface area contributed by atoms with Crippen LogP contribution >= 0.6 is 12.4 Å². The van der Waals surface area contributed by atoms with E-state index >= 15 is 0 Å². The first-order valence-electron chi connectivity index (χ1n) is 4.90. The lowest BCUT2D eigenvalue weighted by atomic mass is 9.93. The zero-order valence-electron chi connectivity index (χ0n) is 8.93. The highest BCUT2D eigenvalue weighted by Crippen LogP contribution is 2.18. The Morgan fingerprint density at radius 1 is 1.38 bits per heavy atom. The van der Waals surface area contributed by atoms with Crippen LogP contribution in [0.3, 0.4) is 0 Å². The van der Waals surface area contributed by atoms with Gasteiger partial charge >= 0.3 is 0 Å². The summed E-state index contributed by atoms with van der Waals surface area (Å²) in [5.74, 6) is 0. The molecule has 1 aliphatic heterocycles. The molecule has 1 heterocycles. The van der Waals surface area contributed by atoms with E-state index in [9.17, 15) is 0 Å². The van der Waals surface area contributed by atoms with Crippen LogP contribution in [0, 0.1) is 5.41 Å². The second-order valence-electron chi connectivity index (χ2n) is 4.80. The normalized spacial score (nSPS) is 22.8. The van der Waals surface area contributed by atoms with E-state index in [1.807, 2.05) is 0 Å². The maximum Gasteiger partial charge on any atom is 0.0711 e. The molecular formula is C10H22ClNO. The van der Waals surface area contributed by atoms with Crippen molar-refractivity contribution in [2.75, 3.05) is 19.7 Å². The lowest BCUT2D eigenvalue weighted by molar-refractivity contribution is 0.0501. The standard InChI is InChI=1S/C10H21NO.ClH/c1-10(2,3)5-7-12-9-4-6-11-8-9;/h9,11H,4-8H2,1-3H3;1H/t9-;/m1./s1. The monoisotopic (exact) mass is 207 g/mol. The van der Waals surface area contributed by atoms with E-state index in [-0.39, 0.29) is 12.4 Å². The molecule has 1 rings (SSSR count). The van der Waals surface area contributed by atoms with Gasteiger partial charge in [-0.15, -0.1) is 12.4 Å². The molecule has 0 saturated carbocycles. The van der Waals surface area contributed by atoms with Gasteiger partial charge in [0.25, 0.3) is 0 Å². The lowest BCUT2D eigenvalue weighted by Crippen LogP contribution is -2.19. The van der Waals surface area contributed by atoms with Gasteiger partial charge in [-0.2, -0.15) is 0 Å². The summed E-state index contributed by atoms with van der Waals surface area (Å²) in [4.78, 5) is 0. The molecule has 0 spiro atoms. The number of ether oxygens (including phenoxy) is 1. The third kappa shape index (κ3) is 6.30. The molecular weight excluding hydrogens is 186 g/mol. The van der Waals surface area contributed by atoms with Crippen molar-refractivity contribution in [2.24, 2.45) is 5.41 Å². The number of hydrogen-bond acceptors (Lipinski definition) is 2. The summed E-state index contributed by atoms with van der Waals surface area (Å²) < 4.78 is 5.72. The average Bonchev–Trinajstić information content (AvgIpc) is 2.36. The lowest BCUT2D eigenvalue weighted by Gasteiger charge is -2.19. The molecule has 0 aromatic heterocycles. The molecule has 0 aromatic rings. The first-order valence-corrected chi connectivity index (χ1v) is 4.90. The largest absolute Gasteiger partial charge is 0.377 e. The molecule has 1 saturated heterocycles. The molecule has 13 heavy (non-hydrogen) atoms. The van der Waals surface area contributed by atoms with Gasteiger partial charge in [0.1, 0.15) is 0 Å². The highest BCUT2D eigenvalue weighted by Gasteiger charge is 2.16. The first-order chi connectivity index (χ1) is 5.58. The van der Waals surface area contributed by atoms with Crippen molar-refractivity contribution in [3.63, 3.8) is 0 Å². The number of halogens is 1. The fourth-order valence-corrected chi connectivity index (χ4v) is 1.30. The fraction of sp³-hybridized carbons (Fsp3) is 1.00. The van der Waals surface area contributed by atoms with Crippen LogP contribution < -0.4 is 5.32 Å². The third-order valence-electron chi connectivity index (χ3n) is 2.22. The molecule has 0 aliphatic carbocycles. The van der Waals surface area contributed by atoms with Crippen molar-refractivity contribution >= 4 is 12.4 Å². The average molecular weight is 208 g/mol. The summed E-state index contributed by atoms with van der Waals surface area (Å²) in [7, 11) is 0. The maximum absolute atomic E-state index is 5.72. The van der Waals surface area contributed by atoms with Crippen molar-refractivity contribution in [3.05, 3.63) is 0 Å². The Bertz CT molecular complexity index is 127. The van der Waals surface area contributed by atoms with Crippen LogP contribution in [0.15, 0.2) is 0 Å². The molecule has 2 nitrogen and oxygen atoms in total. The molecule has 0 amide bonds. The highest BCUT2D eigenvalue weighted by atomic mass is 35.5. The van der Waals surface area contributed by atoms with Gasteiger partial charge in [0.15, 0.2) is 0 Å². The zero-order chi connectivity index (χ0) is 9.03. The number of nitrogens with one attached hydrogen (secondary N) is 1. The molecule has 80 valence electrons. The van der Waals surface area contributed by atoms with E-state index in [2.05, 4.69) is 26.1 Å². The summed E-state index contributed by atoms with van der Waals surface area (Å²) in [6.45, 7) is 9.84. The van der Waals surface area contributed by atoms with E-state index < -0.39 is 0 Å². The van der Waals surface area contributed by atoms with E-state index in [0.29, 0.717) is 11.5 Å². The molecule has 1 fully saturated rings. The van der Waals surface area contributed by atoms with Crippen molar-refractivity contribution < 1.29 is 4.74 Å². The molecule has 0 unspecified atom stereocenters. The Balaban J connectivity index is 0.00000144. The molecule has 0 radical (unpaired) electrons.